The number of halogens is 1. The molecule has 0 bridgehead atoms. The van der Waals surface area contributed by atoms with Crippen molar-refractivity contribution in [2.45, 2.75) is 6.54 Å². The van der Waals surface area contributed by atoms with Crippen LogP contribution in [0, 0.1) is 0 Å². The van der Waals surface area contributed by atoms with Gasteiger partial charge >= 0.3 is 0 Å². The second kappa shape index (κ2) is 4.39. The average molecular weight is 257 g/mol. The van der Waals surface area contributed by atoms with E-state index in [0.29, 0.717) is 0 Å². The molecule has 0 aliphatic heterocycles. The highest BCUT2D eigenvalue weighted by Crippen LogP contribution is 2.23. The first-order chi connectivity index (χ1) is 8.74. The fraction of sp³-hybridized carbons (Fsp3) is 0.0667. The zero-order chi connectivity index (χ0) is 12.5. The molecule has 1 aromatic heterocycles. The van der Waals surface area contributed by atoms with Crippen molar-refractivity contribution in [3.05, 3.63) is 65.3 Å². The first-order valence-electron chi connectivity index (χ1n) is 5.82. The maximum atomic E-state index is 5.95. The van der Waals surface area contributed by atoms with Crippen molar-refractivity contribution in [3.63, 3.8) is 0 Å². The van der Waals surface area contributed by atoms with Gasteiger partial charge in [0.25, 0.3) is 0 Å². The number of anilines is 1. The normalized spacial score (nSPS) is 10.9. The molecule has 3 heteroatoms. The largest absolute Gasteiger partial charge is 0.398 e. The number of fused-ring (bicyclic) bond motifs is 1. The first kappa shape index (κ1) is 11.2. The van der Waals surface area contributed by atoms with Crippen LogP contribution >= 0.6 is 11.6 Å². The minimum atomic E-state index is 0.764. The van der Waals surface area contributed by atoms with Gasteiger partial charge in [0.15, 0.2) is 0 Å². The molecule has 0 aliphatic carbocycles. The molecule has 0 atom stereocenters. The van der Waals surface area contributed by atoms with Crippen LogP contribution in [0.3, 0.4) is 0 Å². The summed E-state index contributed by atoms with van der Waals surface area (Å²) in [6.45, 7) is 0.824. The molecule has 0 unspecified atom stereocenters. The molecule has 1 heterocycles. The summed E-state index contributed by atoms with van der Waals surface area (Å²) < 4.78 is 2.19. The van der Waals surface area contributed by atoms with Gasteiger partial charge in [0.1, 0.15) is 0 Å². The standard InChI is InChI=1S/C15H13ClN2/c16-12-6-4-11(5-7-12)10-18-9-8-13-14(17)2-1-3-15(13)18/h1-9H,10,17H2. The highest BCUT2D eigenvalue weighted by atomic mass is 35.5. The zero-order valence-corrected chi connectivity index (χ0v) is 10.6. The van der Waals surface area contributed by atoms with Gasteiger partial charge in [-0.15, -0.1) is 0 Å². The summed E-state index contributed by atoms with van der Waals surface area (Å²) >= 11 is 5.89. The van der Waals surface area contributed by atoms with Crippen LogP contribution in [0.5, 0.6) is 0 Å². The molecule has 0 spiro atoms. The Bertz CT molecular complexity index is 683. The lowest BCUT2D eigenvalue weighted by molar-refractivity contribution is 0.837. The predicted octanol–water partition coefficient (Wildman–Crippen LogP) is 3.93. The number of rotatable bonds is 2. The van der Waals surface area contributed by atoms with E-state index in [-0.39, 0.29) is 0 Å². The van der Waals surface area contributed by atoms with Crippen molar-refractivity contribution >= 4 is 28.2 Å². The fourth-order valence-electron chi connectivity index (χ4n) is 2.17. The maximum Gasteiger partial charge on any atom is 0.0504 e. The van der Waals surface area contributed by atoms with Crippen molar-refractivity contribution in [1.82, 2.24) is 4.57 Å². The second-order valence-electron chi connectivity index (χ2n) is 4.35. The van der Waals surface area contributed by atoms with E-state index in [1.807, 2.05) is 36.4 Å². The molecule has 3 rings (SSSR count). The molecule has 2 aromatic carbocycles. The lowest BCUT2D eigenvalue weighted by atomic mass is 10.2. The molecule has 3 aromatic rings. The Hall–Kier alpha value is -1.93. The minimum absolute atomic E-state index is 0.764. The third-order valence-corrected chi connectivity index (χ3v) is 3.37. The van der Waals surface area contributed by atoms with Crippen molar-refractivity contribution < 1.29 is 0 Å². The summed E-state index contributed by atoms with van der Waals surface area (Å²) in [5.74, 6) is 0. The third-order valence-electron chi connectivity index (χ3n) is 3.11. The van der Waals surface area contributed by atoms with E-state index in [4.69, 9.17) is 17.3 Å². The van der Waals surface area contributed by atoms with Crippen molar-refractivity contribution in [2.24, 2.45) is 0 Å². The van der Waals surface area contributed by atoms with Gasteiger partial charge in [-0.05, 0) is 35.9 Å². The van der Waals surface area contributed by atoms with E-state index in [9.17, 15) is 0 Å². The van der Waals surface area contributed by atoms with Crippen LogP contribution in [-0.4, -0.2) is 4.57 Å². The van der Waals surface area contributed by atoms with Crippen LogP contribution in [0.4, 0.5) is 5.69 Å². The number of nitrogens with zero attached hydrogens (tertiary/aromatic N) is 1. The Labute approximate surface area is 111 Å². The lowest BCUT2D eigenvalue weighted by Crippen LogP contribution is -1.97. The molecule has 2 nitrogen and oxygen atoms in total. The number of hydrogen-bond donors (Lipinski definition) is 1. The van der Waals surface area contributed by atoms with Gasteiger partial charge in [0, 0.05) is 28.8 Å². The molecule has 0 radical (unpaired) electrons. The number of nitrogen functional groups attached to an aromatic ring is 1. The summed E-state index contributed by atoms with van der Waals surface area (Å²) in [6.07, 6.45) is 2.07. The van der Waals surface area contributed by atoms with Gasteiger partial charge in [-0.3, -0.25) is 0 Å². The number of hydrogen-bond acceptors (Lipinski definition) is 1. The molecular weight excluding hydrogens is 244 g/mol. The Kier molecular flexibility index (Phi) is 2.73. The van der Waals surface area contributed by atoms with Gasteiger partial charge in [-0.2, -0.15) is 0 Å². The van der Waals surface area contributed by atoms with E-state index in [2.05, 4.69) is 22.9 Å². The Morgan fingerprint density at radius 1 is 1.00 bits per heavy atom. The summed E-state index contributed by atoms with van der Waals surface area (Å²) in [7, 11) is 0. The van der Waals surface area contributed by atoms with Crippen LogP contribution in [-0.2, 0) is 6.54 Å². The predicted molar refractivity (Wildman–Crippen MR) is 76.9 cm³/mol. The van der Waals surface area contributed by atoms with Crippen LogP contribution in [0.15, 0.2) is 54.7 Å². The summed E-state index contributed by atoms with van der Waals surface area (Å²) in [5.41, 5.74) is 9.15. The second-order valence-corrected chi connectivity index (χ2v) is 4.79. The van der Waals surface area contributed by atoms with Gasteiger partial charge in [0.2, 0.25) is 0 Å². The van der Waals surface area contributed by atoms with Crippen molar-refractivity contribution in [1.29, 1.82) is 0 Å². The number of aromatic nitrogens is 1. The van der Waals surface area contributed by atoms with Crippen LogP contribution in [0.1, 0.15) is 5.56 Å². The van der Waals surface area contributed by atoms with Crippen LogP contribution < -0.4 is 5.73 Å². The van der Waals surface area contributed by atoms with Crippen molar-refractivity contribution in [3.8, 4) is 0 Å². The Morgan fingerprint density at radius 2 is 1.78 bits per heavy atom. The maximum absolute atomic E-state index is 5.95. The number of benzene rings is 2. The molecule has 0 saturated carbocycles. The third kappa shape index (κ3) is 1.95. The van der Waals surface area contributed by atoms with Crippen molar-refractivity contribution in [2.75, 3.05) is 5.73 Å². The topological polar surface area (TPSA) is 30.9 Å². The molecule has 0 amide bonds. The van der Waals surface area contributed by atoms with E-state index in [1.165, 1.54) is 5.56 Å². The lowest BCUT2D eigenvalue weighted by Gasteiger charge is -2.06. The van der Waals surface area contributed by atoms with Gasteiger partial charge in [-0.25, -0.2) is 0 Å². The average Bonchev–Trinajstić information content (AvgIpc) is 2.77. The SMILES string of the molecule is Nc1cccc2c1ccn2Cc1ccc(Cl)cc1. The highest BCUT2D eigenvalue weighted by molar-refractivity contribution is 6.30. The minimum Gasteiger partial charge on any atom is -0.398 e. The van der Waals surface area contributed by atoms with E-state index >= 15 is 0 Å². The monoisotopic (exact) mass is 256 g/mol. The van der Waals surface area contributed by atoms with E-state index < -0.39 is 0 Å². The molecule has 90 valence electrons. The zero-order valence-electron chi connectivity index (χ0n) is 9.81. The molecular formula is C15H13ClN2. The summed E-state index contributed by atoms with van der Waals surface area (Å²) in [5, 5.41) is 1.87. The Morgan fingerprint density at radius 3 is 2.56 bits per heavy atom. The van der Waals surface area contributed by atoms with Gasteiger partial charge < -0.3 is 10.3 Å². The Balaban J connectivity index is 2.00. The molecule has 0 saturated heterocycles. The van der Waals surface area contributed by atoms with Crippen LogP contribution in [0.2, 0.25) is 5.02 Å². The fourth-order valence-corrected chi connectivity index (χ4v) is 2.30. The van der Waals surface area contributed by atoms with E-state index in [1.54, 1.807) is 0 Å². The molecule has 2 N–H and O–H groups in total. The molecule has 0 aliphatic rings. The first-order valence-corrected chi connectivity index (χ1v) is 6.19. The van der Waals surface area contributed by atoms with E-state index in [0.717, 1.165) is 28.2 Å². The summed E-state index contributed by atoms with van der Waals surface area (Å²) in [6, 6.07) is 16.0. The molecule has 18 heavy (non-hydrogen) atoms. The quantitative estimate of drug-likeness (QED) is 0.692. The van der Waals surface area contributed by atoms with Gasteiger partial charge in [-0.1, -0.05) is 29.8 Å². The van der Waals surface area contributed by atoms with Crippen LogP contribution in [0.25, 0.3) is 10.9 Å². The smallest absolute Gasteiger partial charge is 0.0504 e. The summed E-state index contributed by atoms with van der Waals surface area (Å²) in [4.78, 5) is 0. The highest BCUT2D eigenvalue weighted by Gasteiger charge is 2.03. The number of nitrogens with two attached hydrogens (primary N) is 1. The van der Waals surface area contributed by atoms with Gasteiger partial charge in [0.05, 0.1) is 5.52 Å². The molecule has 0 fully saturated rings.